The van der Waals surface area contributed by atoms with E-state index in [2.05, 4.69) is 0 Å². The highest BCUT2D eigenvalue weighted by Gasteiger charge is 2.28. The fourth-order valence-corrected chi connectivity index (χ4v) is 4.68. The molecule has 1 aliphatic carbocycles. The number of Topliss-reactive ketones (excluding diaryl/α,β-unsaturated/α-hetero) is 1. The van der Waals surface area contributed by atoms with Crippen LogP contribution in [-0.2, 0) is 38.5 Å². The van der Waals surface area contributed by atoms with Crippen molar-refractivity contribution in [3.63, 3.8) is 0 Å². The Labute approximate surface area is 189 Å². The Kier molecular flexibility index (Phi) is 7.63. The molecule has 0 atom stereocenters. The maximum Gasteiger partial charge on any atom is 0.348 e. The summed E-state index contributed by atoms with van der Waals surface area (Å²) in [5.41, 5.74) is 9.02. The number of benzene rings is 1. The van der Waals surface area contributed by atoms with Crippen LogP contribution >= 0.6 is 11.3 Å². The lowest BCUT2D eigenvalue weighted by Gasteiger charge is -2.16. The maximum atomic E-state index is 12.5. The summed E-state index contributed by atoms with van der Waals surface area (Å²) in [5, 5.41) is 0.0610. The van der Waals surface area contributed by atoms with Gasteiger partial charge >= 0.3 is 17.9 Å². The third kappa shape index (κ3) is 5.16. The van der Waals surface area contributed by atoms with Crippen LogP contribution in [0.3, 0.4) is 0 Å². The van der Waals surface area contributed by atoms with Crippen molar-refractivity contribution in [2.45, 2.75) is 45.1 Å². The molecule has 0 bridgehead atoms. The fourth-order valence-electron chi connectivity index (χ4n) is 3.70. The second kappa shape index (κ2) is 10.4. The van der Waals surface area contributed by atoms with E-state index in [1.165, 1.54) is 25.3 Å². The Bertz CT molecular complexity index is 1060. The summed E-state index contributed by atoms with van der Waals surface area (Å²) < 4.78 is 14.7. The SMILES string of the molecule is COC(=O)c1sc(N)c(C(=O)OC)c1COC(=O)CCC(=O)c1ccc2c(c1)CCCC2. The van der Waals surface area contributed by atoms with E-state index < -0.39 is 17.9 Å². The van der Waals surface area contributed by atoms with Crippen molar-refractivity contribution in [1.82, 2.24) is 0 Å². The highest BCUT2D eigenvalue weighted by atomic mass is 32.1. The highest BCUT2D eigenvalue weighted by Crippen LogP contribution is 2.33. The van der Waals surface area contributed by atoms with Crippen LogP contribution in [0.15, 0.2) is 18.2 Å². The van der Waals surface area contributed by atoms with Crippen molar-refractivity contribution in [1.29, 1.82) is 0 Å². The number of carbonyl (C=O) groups excluding carboxylic acids is 4. The molecular weight excluding hydrogens is 434 g/mol. The van der Waals surface area contributed by atoms with E-state index in [0.717, 1.165) is 37.0 Å². The maximum absolute atomic E-state index is 12.5. The first-order valence-corrected chi connectivity index (χ1v) is 11.1. The number of nitrogens with two attached hydrogens (primary N) is 1. The Balaban J connectivity index is 1.63. The molecule has 1 aliphatic rings. The molecule has 0 amide bonds. The molecule has 0 radical (unpaired) electrons. The van der Waals surface area contributed by atoms with Crippen molar-refractivity contribution >= 4 is 40.0 Å². The molecule has 0 spiro atoms. The minimum atomic E-state index is -0.748. The van der Waals surface area contributed by atoms with Gasteiger partial charge in [-0.2, -0.15) is 0 Å². The second-order valence-corrected chi connectivity index (χ2v) is 8.46. The van der Waals surface area contributed by atoms with E-state index in [1.54, 1.807) is 6.07 Å². The molecule has 2 aromatic rings. The van der Waals surface area contributed by atoms with E-state index in [0.29, 0.717) is 5.56 Å². The molecule has 9 heteroatoms. The van der Waals surface area contributed by atoms with Gasteiger partial charge in [0.25, 0.3) is 0 Å². The van der Waals surface area contributed by atoms with Crippen LogP contribution in [0, 0.1) is 0 Å². The van der Waals surface area contributed by atoms with Gasteiger partial charge in [-0.15, -0.1) is 11.3 Å². The Morgan fingerprint density at radius 3 is 2.34 bits per heavy atom. The van der Waals surface area contributed by atoms with E-state index in [-0.39, 0.29) is 46.2 Å². The number of thiophene rings is 1. The topological polar surface area (TPSA) is 122 Å². The quantitative estimate of drug-likeness (QED) is 0.362. The number of nitrogen functional groups attached to an aromatic ring is 1. The number of aryl methyl sites for hydroxylation is 2. The first-order valence-electron chi connectivity index (χ1n) is 10.2. The van der Waals surface area contributed by atoms with Crippen molar-refractivity contribution < 1.29 is 33.4 Å². The highest BCUT2D eigenvalue weighted by molar-refractivity contribution is 7.18. The normalized spacial score (nSPS) is 12.6. The first kappa shape index (κ1) is 23.5. The Morgan fingerprint density at radius 1 is 0.969 bits per heavy atom. The molecule has 0 aliphatic heterocycles. The monoisotopic (exact) mass is 459 g/mol. The Morgan fingerprint density at radius 2 is 1.66 bits per heavy atom. The molecule has 0 unspecified atom stereocenters. The lowest BCUT2D eigenvalue weighted by Crippen LogP contribution is -2.13. The average Bonchev–Trinajstić information content (AvgIpc) is 3.15. The van der Waals surface area contributed by atoms with E-state index >= 15 is 0 Å². The second-order valence-electron chi connectivity index (χ2n) is 7.41. The van der Waals surface area contributed by atoms with Crippen molar-refractivity contribution in [3.05, 3.63) is 50.9 Å². The van der Waals surface area contributed by atoms with Crippen LogP contribution in [0.25, 0.3) is 0 Å². The van der Waals surface area contributed by atoms with Crippen molar-refractivity contribution in [3.8, 4) is 0 Å². The molecule has 3 rings (SSSR count). The predicted octanol–water partition coefficient (Wildman–Crippen LogP) is 3.49. The van der Waals surface area contributed by atoms with Gasteiger partial charge in [-0.25, -0.2) is 9.59 Å². The number of rotatable bonds is 8. The molecule has 0 fully saturated rings. The molecule has 2 N–H and O–H groups in total. The molecule has 0 saturated heterocycles. The molecule has 1 aromatic heterocycles. The molecule has 0 saturated carbocycles. The molecular formula is C23H25NO7S. The van der Waals surface area contributed by atoms with Crippen LogP contribution in [0.5, 0.6) is 0 Å². The average molecular weight is 460 g/mol. The number of anilines is 1. The van der Waals surface area contributed by atoms with Gasteiger partial charge in [0.15, 0.2) is 5.78 Å². The minimum Gasteiger partial charge on any atom is -0.465 e. The number of ketones is 1. The van der Waals surface area contributed by atoms with Crippen LogP contribution in [0.1, 0.15) is 72.8 Å². The van der Waals surface area contributed by atoms with Gasteiger partial charge in [-0.3, -0.25) is 9.59 Å². The van der Waals surface area contributed by atoms with Gasteiger partial charge in [-0.1, -0.05) is 12.1 Å². The summed E-state index contributed by atoms with van der Waals surface area (Å²) in [7, 11) is 2.37. The summed E-state index contributed by atoms with van der Waals surface area (Å²) >= 11 is 0.853. The first-order chi connectivity index (χ1) is 15.3. The Hall–Kier alpha value is -3.20. The van der Waals surface area contributed by atoms with Crippen molar-refractivity contribution in [2.75, 3.05) is 20.0 Å². The molecule has 32 heavy (non-hydrogen) atoms. The van der Waals surface area contributed by atoms with E-state index in [9.17, 15) is 19.2 Å². The largest absolute Gasteiger partial charge is 0.465 e. The van der Waals surface area contributed by atoms with Crippen LogP contribution in [0.4, 0.5) is 5.00 Å². The summed E-state index contributed by atoms with van der Waals surface area (Å²) in [6.07, 6.45) is 4.15. The number of ether oxygens (including phenoxy) is 3. The standard InChI is InChI=1S/C23H25NO7S/c1-29-22(27)19-16(20(23(28)30-2)32-21(19)24)12-31-18(26)10-9-17(25)15-8-7-13-5-3-4-6-14(13)11-15/h7-8,11H,3-6,9-10,12,24H2,1-2H3. The molecule has 170 valence electrons. The van der Waals surface area contributed by atoms with E-state index in [4.69, 9.17) is 19.9 Å². The third-order valence-electron chi connectivity index (χ3n) is 5.40. The number of carbonyl (C=O) groups is 4. The van der Waals surface area contributed by atoms with Gasteiger partial charge in [0, 0.05) is 17.5 Å². The van der Waals surface area contributed by atoms with Gasteiger partial charge in [0.1, 0.15) is 22.0 Å². The number of fused-ring (bicyclic) bond motifs is 1. The van der Waals surface area contributed by atoms with Crippen LogP contribution in [-0.4, -0.2) is 37.9 Å². The molecule has 8 nitrogen and oxygen atoms in total. The number of methoxy groups -OCH3 is 2. The predicted molar refractivity (Wildman–Crippen MR) is 118 cm³/mol. The zero-order valence-corrected chi connectivity index (χ0v) is 18.8. The lowest BCUT2D eigenvalue weighted by atomic mass is 9.89. The van der Waals surface area contributed by atoms with Crippen LogP contribution in [0.2, 0.25) is 0 Å². The smallest absolute Gasteiger partial charge is 0.348 e. The van der Waals surface area contributed by atoms with E-state index in [1.807, 2.05) is 12.1 Å². The van der Waals surface area contributed by atoms with Gasteiger partial charge in [0.05, 0.1) is 20.6 Å². The van der Waals surface area contributed by atoms with Gasteiger partial charge in [0.2, 0.25) is 0 Å². The zero-order chi connectivity index (χ0) is 23.3. The summed E-state index contributed by atoms with van der Waals surface area (Å²) in [4.78, 5) is 48.9. The van der Waals surface area contributed by atoms with Gasteiger partial charge in [-0.05, 0) is 42.9 Å². The fraction of sp³-hybridized carbons (Fsp3) is 0.391. The summed E-state index contributed by atoms with van der Waals surface area (Å²) in [5.74, 6) is -2.22. The number of esters is 3. The third-order valence-corrected chi connectivity index (χ3v) is 6.44. The van der Waals surface area contributed by atoms with Gasteiger partial charge < -0.3 is 19.9 Å². The number of hydrogen-bond acceptors (Lipinski definition) is 9. The molecule has 1 aromatic carbocycles. The van der Waals surface area contributed by atoms with Crippen molar-refractivity contribution in [2.24, 2.45) is 0 Å². The lowest BCUT2D eigenvalue weighted by molar-refractivity contribution is -0.144. The minimum absolute atomic E-state index is 0.00286. The number of hydrogen-bond donors (Lipinski definition) is 1. The summed E-state index contributed by atoms with van der Waals surface area (Å²) in [6, 6.07) is 5.71. The molecule has 1 heterocycles. The zero-order valence-electron chi connectivity index (χ0n) is 18.0. The van der Waals surface area contributed by atoms with Crippen LogP contribution < -0.4 is 5.73 Å². The summed E-state index contributed by atoms with van der Waals surface area (Å²) in [6.45, 7) is -0.367.